The molecule has 0 atom stereocenters. The largest absolute Gasteiger partial charge is 0.448 e. The van der Waals surface area contributed by atoms with E-state index in [2.05, 4.69) is 17.0 Å². The van der Waals surface area contributed by atoms with E-state index >= 15 is 0 Å². The molecule has 0 bridgehead atoms. The topological polar surface area (TPSA) is 64.3 Å². The maximum absolute atomic E-state index is 10.1. The number of rotatable bonds is 8. The standard InChI is InChI=1S/C9H20N2O2/c1-2-3-4-5-6-11-7-8-13-9(10)12/h11H,2-8H2,1H3,(H2,10,12). The highest BCUT2D eigenvalue weighted by Crippen LogP contribution is 1.96. The lowest BCUT2D eigenvalue weighted by Crippen LogP contribution is -2.24. The number of amides is 1. The fourth-order valence-electron chi connectivity index (χ4n) is 1.03. The molecule has 0 saturated heterocycles. The van der Waals surface area contributed by atoms with Crippen molar-refractivity contribution in [2.45, 2.75) is 32.6 Å². The van der Waals surface area contributed by atoms with Crippen LogP contribution in [0.25, 0.3) is 0 Å². The van der Waals surface area contributed by atoms with Gasteiger partial charge in [0.1, 0.15) is 6.61 Å². The van der Waals surface area contributed by atoms with Gasteiger partial charge in [0.15, 0.2) is 0 Å². The normalized spacial score (nSPS) is 9.92. The lowest BCUT2D eigenvalue weighted by molar-refractivity contribution is 0.157. The van der Waals surface area contributed by atoms with Gasteiger partial charge in [-0.05, 0) is 13.0 Å². The van der Waals surface area contributed by atoms with Crippen LogP contribution in [0.15, 0.2) is 0 Å². The van der Waals surface area contributed by atoms with Crippen molar-refractivity contribution < 1.29 is 9.53 Å². The number of carbonyl (C=O) groups is 1. The molecule has 0 heterocycles. The van der Waals surface area contributed by atoms with Crippen LogP contribution in [0.5, 0.6) is 0 Å². The van der Waals surface area contributed by atoms with E-state index in [1.165, 1.54) is 25.7 Å². The Hall–Kier alpha value is -0.770. The highest BCUT2D eigenvalue weighted by molar-refractivity contribution is 5.64. The smallest absolute Gasteiger partial charge is 0.404 e. The molecule has 4 heteroatoms. The van der Waals surface area contributed by atoms with E-state index in [9.17, 15) is 4.79 Å². The van der Waals surface area contributed by atoms with E-state index in [0.717, 1.165) is 6.54 Å². The van der Waals surface area contributed by atoms with Crippen molar-refractivity contribution >= 4 is 6.09 Å². The fourth-order valence-corrected chi connectivity index (χ4v) is 1.03. The lowest BCUT2D eigenvalue weighted by Gasteiger charge is -2.03. The number of carbonyl (C=O) groups excluding carboxylic acids is 1. The molecule has 0 radical (unpaired) electrons. The second kappa shape index (κ2) is 9.32. The summed E-state index contributed by atoms with van der Waals surface area (Å²) in [4.78, 5) is 10.1. The molecule has 4 nitrogen and oxygen atoms in total. The summed E-state index contributed by atoms with van der Waals surface area (Å²) in [7, 11) is 0. The summed E-state index contributed by atoms with van der Waals surface area (Å²) in [5, 5.41) is 3.17. The lowest BCUT2D eigenvalue weighted by atomic mass is 10.2. The van der Waals surface area contributed by atoms with Crippen molar-refractivity contribution in [1.82, 2.24) is 5.32 Å². The zero-order valence-corrected chi connectivity index (χ0v) is 8.34. The van der Waals surface area contributed by atoms with Gasteiger partial charge in [-0.25, -0.2) is 4.79 Å². The van der Waals surface area contributed by atoms with Crippen molar-refractivity contribution in [1.29, 1.82) is 0 Å². The predicted molar refractivity (Wildman–Crippen MR) is 52.5 cm³/mol. The zero-order chi connectivity index (χ0) is 9.94. The molecule has 0 aliphatic rings. The number of primary amides is 1. The molecule has 0 aromatic rings. The molecule has 0 saturated carbocycles. The Bertz CT molecular complexity index is 129. The van der Waals surface area contributed by atoms with Gasteiger partial charge in [-0.2, -0.15) is 0 Å². The molecule has 0 rings (SSSR count). The van der Waals surface area contributed by atoms with Gasteiger partial charge in [-0.1, -0.05) is 26.2 Å². The van der Waals surface area contributed by atoms with E-state index in [0.29, 0.717) is 13.2 Å². The maximum Gasteiger partial charge on any atom is 0.404 e. The Morgan fingerprint density at radius 2 is 2.08 bits per heavy atom. The summed E-state index contributed by atoms with van der Waals surface area (Å²) in [6.07, 6.45) is 4.29. The molecule has 0 fully saturated rings. The van der Waals surface area contributed by atoms with Crippen LogP contribution in [0.4, 0.5) is 4.79 Å². The van der Waals surface area contributed by atoms with Crippen molar-refractivity contribution in [2.24, 2.45) is 5.73 Å². The SMILES string of the molecule is CCCCCCNCCOC(N)=O. The Balaban J connectivity index is 2.87. The van der Waals surface area contributed by atoms with Crippen molar-refractivity contribution in [3.8, 4) is 0 Å². The Morgan fingerprint density at radius 3 is 2.69 bits per heavy atom. The van der Waals surface area contributed by atoms with Crippen LogP contribution in [-0.2, 0) is 4.74 Å². The van der Waals surface area contributed by atoms with Crippen LogP contribution in [0.2, 0.25) is 0 Å². The number of nitrogens with one attached hydrogen (secondary N) is 1. The van der Waals surface area contributed by atoms with E-state index < -0.39 is 6.09 Å². The van der Waals surface area contributed by atoms with Crippen LogP contribution in [-0.4, -0.2) is 25.8 Å². The number of hydrogen-bond donors (Lipinski definition) is 2. The first-order chi connectivity index (χ1) is 6.27. The molecule has 0 aliphatic carbocycles. The summed E-state index contributed by atoms with van der Waals surface area (Å²) in [5.41, 5.74) is 4.78. The van der Waals surface area contributed by atoms with Crippen LogP contribution in [0, 0.1) is 0 Å². The molecular formula is C9H20N2O2. The van der Waals surface area contributed by atoms with E-state index in [1.54, 1.807) is 0 Å². The first kappa shape index (κ1) is 12.2. The van der Waals surface area contributed by atoms with Gasteiger partial charge in [0.25, 0.3) is 0 Å². The van der Waals surface area contributed by atoms with Gasteiger partial charge < -0.3 is 15.8 Å². The average Bonchev–Trinajstić information content (AvgIpc) is 2.09. The summed E-state index contributed by atoms with van der Waals surface area (Å²) in [5.74, 6) is 0. The van der Waals surface area contributed by atoms with Gasteiger partial charge in [0.2, 0.25) is 0 Å². The highest BCUT2D eigenvalue weighted by Gasteiger charge is 1.92. The summed E-state index contributed by atoms with van der Waals surface area (Å²) in [6, 6.07) is 0. The van der Waals surface area contributed by atoms with Crippen molar-refractivity contribution in [3.63, 3.8) is 0 Å². The first-order valence-electron chi connectivity index (χ1n) is 4.90. The second-order valence-corrected chi connectivity index (χ2v) is 2.98. The molecule has 0 spiro atoms. The molecule has 78 valence electrons. The van der Waals surface area contributed by atoms with Gasteiger partial charge in [0.05, 0.1) is 0 Å². The molecular weight excluding hydrogens is 168 g/mol. The third kappa shape index (κ3) is 11.2. The zero-order valence-electron chi connectivity index (χ0n) is 8.34. The van der Waals surface area contributed by atoms with E-state index in [-0.39, 0.29) is 0 Å². The summed E-state index contributed by atoms with van der Waals surface area (Å²) < 4.78 is 4.55. The first-order valence-corrected chi connectivity index (χ1v) is 4.90. The molecule has 0 unspecified atom stereocenters. The molecule has 3 N–H and O–H groups in total. The number of ether oxygens (including phenoxy) is 1. The third-order valence-electron chi connectivity index (χ3n) is 1.73. The molecule has 0 aromatic carbocycles. The predicted octanol–water partition coefficient (Wildman–Crippen LogP) is 1.25. The van der Waals surface area contributed by atoms with Crippen LogP contribution < -0.4 is 11.1 Å². The summed E-state index contributed by atoms with van der Waals surface area (Å²) in [6.45, 7) is 4.23. The number of unbranched alkanes of at least 4 members (excludes halogenated alkanes) is 3. The minimum absolute atomic E-state index is 0.364. The van der Waals surface area contributed by atoms with Crippen LogP contribution in [0.1, 0.15) is 32.6 Å². The van der Waals surface area contributed by atoms with Gasteiger partial charge in [0, 0.05) is 6.54 Å². The monoisotopic (exact) mass is 188 g/mol. The Labute approximate surface area is 79.8 Å². The van der Waals surface area contributed by atoms with Crippen molar-refractivity contribution in [2.75, 3.05) is 19.7 Å². The van der Waals surface area contributed by atoms with Crippen LogP contribution in [0.3, 0.4) is 0 Å². The number of hydrogen-bond acceptors (Lipinski definition) is 3. The van der Waals surface area contributed by atoms with E-state index in [4.69, 9.17) is 5.73 Å². The quantitative estimate of drug-likeness (QED) is 0.563. The third-order valence-corrected chi connectivity index (χ3v) is 1.73. The minimum Gasteiger partial charge on any atom is -0.448 e. The van der Waals surface area contributed by atoms with Gasteiger partial charge in [-0.3, -0.25) is 0 Å². The molecule has 0 aliphatic heterocycles. The minimum atomic E-state index is -0.701. The molecule has 13 heavy (non-hydrogen) atoms. The molecule has 0 aromatic heterocycles. The van der Waals surface area contributed by atoms with E-state index in [1.807, 2.05) is 0 Å². The Kier molecular flexibility index (Phi) is 8.77. The Morgan fingerprint density at radius 1 is 1.31 bits per heavy atom. The highest BCUT2D eigenvalue weighted by atomic mass is 16.5. The fraction of sp³-hybridized carbons (Fsp3) is 0.889. The second-order valence-electron chi connectivity index (χ2n) is 2.98. The van der Waals surface area contributed by atoms with Crippen LogP contribution >= 0.6 is 0 Å². The summed E-state index contributed by atoms with van der Waals surface area (Å²) >= 11 is 0. The average molecular weight is 188 g/mol. The maximum atomic E-state index is 10.1. The van der Waals surface area contributed by atoms with Gasteiger partial charge in [-0.15, -0.1) is 0 Å². The van der Waals surface area contributed by atoms with Crippen molar-refractivity contribution in [3.05, 3.63) is 0 Å². The number of nitrogens with two attached hydrogens (primary N) is 1. The van der Waals surface area contributed by atoms with Gasteiger partial charge >= 0.3 is 6.09 Å². The molecule has 1 amide bonds.